The zero-order chi connectivity index (χ0) is 11.1. The van der Waals surface area contributed by atoms with E-state index >= 15 is 0 Å². The highest BCUT2D eigenvalue weighted by molar-refractivity contribution is 9.09. The maximum absolute atomic E-state index is 10.8. The third-order valence-corrected chi connectivity index (χ3v) is 2.20. The highest BCUT2D eigenvalue weighted by atomic mass is 79.9. The number of carbonyl (C=O) groups is 1. The Morgan fingerprint density at radius 1 is 1.47 bits per heavy atom. The fourth-order valence-corrected chi connectivity index (χ4v) is 1.40. The van der Waals surface area contributed by atoms with Gasteiger partial charge in [0.05, 0.1) is 0 Å². The first kappa shape index (κ1) is 12.0. The minimum atomic E-state index is -0.295. The van der Waals surface area contributed by atoms with E-state index in [1.54, 1.807) is 6.07 Å². The average molecular weight is 269 g/mol. The normalized spacial score (nSPS) is 10.5. The molecule has 0 aromatic heterocycles. The molecule has 0 aliphatic rings. The number of allylic oxidation sites excluding steroid dienone is 1. The van der Waals surface area contributed by atoms with Crippen LogP contribution in [-0.2, 0) is 4.79 Å². The molecule has 0 spiro atoms. The van der Waals surface area contributed by atoms with Crippen LogP contribution < -0.4 is 4.74 Å². The Balaban J connectivity index is 2.81. The number of rotatable bonds is 4. The number of ether oxygens (including phenoxy) is 1. The van der Waals surface area contributed by atoms with Crippen molar-refractivity contribution in [2.45, 2.75) is 13.3 Å². The van der Waals surface area contributed by atoms with Crippen molar-refractivity contribution in [2.24, 2.45) is 0 Å². The second-order valence-corrected chi connectivity index (χ2v) is 3.80. The predicted octanol–water partition coefficient (Wildman–Crippen LogP) is 3.41. The van der Waals surface area contributed by atoms with Crippen LogP contribution in [0.4, 0.5) is 0 Å². The molecular formula is C12H13BrO2. The quantitative estimate of drug-likeness (QED) is 0.475. The third kappa shape index (κ3) is 4.30. The van der Waals surface area contributed by atoms with Crippen LogP contribution in [0.25, 0.3) is 6.08 Å². The van der Waals surface area contributed by atoms with E-state index in [9.17, 15) is 4.79 Å². The van der Waals surface area contributed by atoms with Gasteiger partial charge in [-0.3, -0.25) is 4.79 Å². The van der Waals surface area contributed by atoms with E-state index in [2.05, 4.69) is 15.9 Å². The number of hydrogen-bond acceptors (Lipinski definition) is 2. The van der Waals surface area contributed by atoms with Gasteiger partial charge in [-0.25, -0.2) is 0 Å². The summed E-state index contributed by atoms with van der Waals surface area (Å²) in [5.41, 5.74) is 0.925. The summed E-state index contributed by atoms with van der Waals surface area (Å²) in [6, 6.07) is 7.47. The van der Waals surface area contributed by atoms with E-state index in [1.807, 2.05) is 30.4 Å². The minimum absolute atomic E-state index is 0.295. The molecule has 0 unspecified atom stereocenters. The molecule has 0 saturated carbocycles. The zero-order valence-corrected chi connectivity index (χ0v) is 10.2. The standard InChI is InChI=1S/C12H13BrO2/c1-10(14)15-12-8-3-2-6-11(12)7-4-5-9-13/h2-4,6-8H,5,9H2,1H3. The Kier molecular flexibility index (Phi) is 5.12. The number of benzene rings is 1. The lowest BCUT2D eigenvalue weighted by Crippen LogP contribution is -2.02. The summed E-state index contributed by atoms with van der Waals surface area (Å²) in [6.45, 7) is 1.40. The summed E-state index contributed by atoms with van der Waals surface area (Å²) in [4.78, 5) is 10.8. The summed E-state index contributed by atoms with van der Waals surface area (Å²) in [5, 5.41) is 0.930. The van der Waals surface area contributed by atoms with Gasteiger partial charge in [-0.05, 0) is 12.5 Å². The fourth-order valence-electron chi connectivity index (χ4n) is 1.14. The van der Waals surface area contributed by atoms with Crippen LogP contribution in [0.2, 0.25) is 0 Å². The lowest BCUT2D eigenvalue weighted by molar-refractivity contribution is -0.131. The molecule has 1 rings (SSSR count). The molecule has 3 heteroatoms. The molecule has 0 aliphatic carbocycles. The van der Waals surface area contributed by atoms with Crippen molar-refractivity contribution >= 4 is 28.0 Å². The second-order valence-electron chi connectivity index (χ2n) is 3.01. The first-order chi connectivity index (χ1) is 7.24. The van der Waals surface area contributed by atoms with E-state index in [4.69, 9.17) is 4.74 Å². The number of hydrogen-bond donors (Lipinski definition) is 0. The van der Waals surface area contributed by atoms with Crippen molar-refractivity contribution in [3.63, 3.8) is 0 Å². The van der Waals surface area contributed by atoms with Crippen LogP contribution in [0.3, 0.4) is 0 Å². The molecule has 0 fully saturated rings. The molecule has 0 bridgehead atoms. The lowest BCUT2D eigenvalue weighted by Gasteiger charge is -2.04. The number of para-hydroxylation sites is 1. The van der Waals surface area contributed by atoms with Crippen LogP contribution in [0.1, 0.15) is 18.9 Å². The Labute approximate surface area is 98.1 Å². The van der Waals surface area contributed by atoms with E-state index in [0.29, 0.717) is 5.75 Å². The topological polar surface area (TPSA) is 26.3 Å². The largest absolute Gasteiger partial charge is 0.426 e. The van der Waals surface area contributed by atoms with Gasteiger partial charge < -0.3 is 4.74 Å². The molecule has 1 aromatic rings. The summed E-state index contributed by atoms with van der Waals surface area (Å²) in [7, 11) is 0. The van der Waals surface area contributed by atoms with Gasteiger partial charge >= 0.3 is 5.97 Å². The number of halogens is 1. The maximum Gasteiger partial charge on any atom is 0.308 e. The van der Waals surface area contributed by atoms with Gasteiger partial charge in [-0.2, -0.15) is 0 Å². The van der Waals surface area contributed by atoms with Gasteiger partial charge in [-0.1, -0.05) is 46.3 Å². The van der Waals surface area contributed by atoms with Crippen LogP contribution >= 0.6 is 15.9 Å². The summed E-state index contributed by atoms with van der Waals surface area (Å²) in [6.07, 6.45) is 4.95. The predicted molar refractivity (Wildman–Crippen MR) is 65.2 cm³/mol. The van der Waals surface area contributed by atoms with Gasteiger partial charge in [0, 0.05) is 17.8 Å². The van der Waals surface area contributed by atoms with Crippen molar-refractivity contribution in [1.29, 1.82) is 0 Å². The van der Waals surface area contributed by atoms with Gasteiger partial charge in [0.2, 0.25) is 0 Å². The Bertz CT molecular complexity index is 358. The van der Waals surface area contributed by atoms with Crippen molar-refractivity contribution in [1.82, 2.24) is 0 Å². The summed E-state index contributed by atoms with van der Waals surface area (Å²) >= 11 is 3.35. The Hall–Kier alpha value is -1.09. The number of alkyl halides is 1. The van der Waals surface area contributed by atoms with Crippen LogP contribution in [0, 0.1) is 0 Å². The van der Waals surface area contributed by atoms with Gasteiger partial charge in [0.25, 0.3) is 0 Å². The Morgan fingerprint density at radius 2 is 2.20 bits per heavy atom. The molecule has 0 heterocycles. The lowest BCUT2D eigenvalue weighted by atomic mass is 10.2. The Morgan fingerprint density at radius 3 is 2.87 bits per heavy atom. The maximum atomic E-state index is 10.8. The molecule has 0 radical (unpaired) electrons. The van der Waals surface area contributed by atoms with Crippen molar-refractivity contribution < 1.29 is 9.53 Å². The van der Waals surface area contributed by atoms with Gasteiger partial charge in [0.15, 0.2) is 0 Å². The highest BCUT2D eigenvalue weighted by Crippen LogP contribution is 2.19. The molecule has 80 valence electrons. The highest BCUT2D eigenvalue weighted by Gasteiger charge is 2.01. The van der Waals surface area contributed by atoms with Gasteiger partial charge in [0.1, 0.15) is 5.75 Å². The molecule has 1 aromatic carbocycles. The molecule has 0 amide bonds. The number of esters is 1. The zero-order valence-electron chi connectivity index (χ0n) is 8.57. The molecule has 2 nitrogen and oxygen atoms in total. The molecule has 0 saturated heterocycles. The van der Waals surface area contributed by atoms with Crippen molar-refractivity contribution in [3.8, 4) is 5.75 Å². The van der Waals surface area contributed by atoms with E-state index in [-0.39, 0.29) is 5.97 Å². The molecule has 15 heavy (non-hydrogen) atoms. The first-order valence-electron chi connectivity index (χ1n) is 4.74. The first-order valence-corrected chi connectivity index (χ1v) is 5.86. The molecule has 0 N–H and O–H groups in total. The van der Waals surface area contributed by atoms with E-state index in [0.717, 1.165) is 17.3 Å². The van der Waals surface area contributed by atoms with E-state index < -0.39 is 0 Å². The molecular weight excluding hydrogens is 256 g/mol. The van der Waals surface area contributed by atoms with Crippen molar-refractivity contribution in [2.75, 3.05) is 5.33 Å². The van der Waals surface area contributed by atoms with E-state index in [1.165, 1.54) is 6.92 Å². The second kappa shape index (κ2) is 6.40. The minimum Gasteiger partial charge on any atom is -0.426 e. The summed E-state index contributed by atoms with van der Waals surface area (Å²) in [5.74, 6) is 0.312. The monoisotopic (exact) mass is 268 g/mol. The van der Waals surface area contributed by atoms with Crippen LogP contribution in [0.15, 0.2) is 30.3 Å². The SMILES string of the molecule is CC(=O)Oc1ccccc1C=CCCBr. The fraction of sp³-hybridized carbons (Fsp3) is 0.250. The third-order valence-electron chi connectivity index (χ3n) is 1.75. The van der Waals surface area contributed by atoms with Crippen LogP contribution in [-0.4, -0.2) is 11.3 Å². The molecule has 0 aliphatic heterocycles. The van der Waals surface area contributed by atoms with Gasteiger partial charge in [-0.15, -0.1) is 0 Å². The molecule has 0 atom stereocenters. The summed E-state index contributed by atoms with van der Waals surface area (Å²) < 4.78 is 5.07. The van der Waals surface area contributed by atoms with Crippen molar-refractivity contribution in [3.05, 3.63) is 35.9 Å². The van der Waals surface area contributed by atoms with Crippen LogP contribution in [0.5, 0.6) is 5.75 Å². The smallest absolute Gasteiger partial charge is 0.308 e. The number of carbonyl (C=O) groups excluding carboxylic acids is 1. The average Bonchev–Trinajstić information content (AvgIpc) is 2.20.